The highest BCUT2D eigenvalue weighted by molar-refractivity contribution is 7.71. The normalized spacial score (nSPS) is 11.4. The van der Waals surface area contributed by atoms with Gasteiger partial charge in [-0.2, -0.15) is 14.9 Å². The second-order valence-corrected chi connectivity index (χ2v) is 7.91. The molecule has 2 heterocycles. The summed E-state index contributed by atoms with van der Waals surface area (Å²) < 4.78 is 22.3. The van der Waals surface area contributed by atoms with Crippen molar-refractivity contribution in [2.45, 2.75) is 6.67 Å². The molecule has 0 aliphatic carbocycles. The Kier molecular flexibility index (Phi) is 6.43. The standard InChI is InChI=1S/C20H13Cl3FN5OS/c21-12-1-4-15(16(22)7-12)19-6-3-14(30-19)9-26-29-11-27-28(20(29)31)10-25-13-2-5-18(24)17(23)8-13/h1-9,11,25H,10H2/b26-9+. The molecule has 0 atom stereocenters. The number of nitrogens with one attached hydrogen (secondary N) is 1. The fourth-order valence-corrected chi connectivity index (χ4v) is 3.55. The number of anilines is 1. The summed E-state index contributed by atoms with van der Waals surface area (Å²) in [6.45, 7) is 0.253. The molecule has 1 N–H and O–H groups in total. The van der Waals surface area contributed by atoms with Crippen LogP contribution in [0, 0.1) is 10.6 Å². The third kappa shape index (κ3) is 4.99. The zero-order valence-corrected chi connectivity index (χ0v) is 18.7. The smallest absolute Gasteiger partial charge is 0.220 e. The summed E-state index contributed by atoms with van der Waals surface area (Å²) in [6, 6.07) is 13.1. The van der Waals surface area contributed by atoms with Gasteiger partial charge in [0.25, 0.3) is 0 Å². The molecule has 2 aromatic carbocycles. The minimum atomic E-state index is -0.484. The molecule has 0 aliphatic rings. The molecule has 0 saturated carbocycles. The van der Waals surface area contributed by atoms with Gasteiger partial charge in [0.1, 0.15) is 30.3 Å². The molecule has 4 rings (SSSR count). The molecule has 2 aromatic heterocycles. The Hall–Kier alpha value is -2.65. The lowest BCUT2D eigenvalue weighted by atomic mass is 10.2. The Morgan fingerprint density at radius 3 is 2.71 bits per heavy atom. The minimum Gasteiger partial charge on any atom is -0.455 e. The van der Waals surface area contributed by atoms with Gasteiger partial charge in [0.15, 0.2) is 0 Å². The number of nitrogens with zero attached hydrogens (tertiary/aromatic N) is 4. The topological polar surface area (TPSA) is 60.3 Å². The van der Waals surface area contributed by atoms with Crippen molar-refractivity contribution in [3.05, 3.63) is 86.3 Å². The maximum absolute atomic E-state index is 13.3. The van der Waals surface area contributed by atoms with Crippen LogP contribution in [-0.2, 0) is 6.67 Å². The van der Waals surface area contributed by atoms with E-state index >= 15 is 0 Å². The molecule has 0 saturated heterocycles. The molecule has 0 amide bonds. The molecule has 0 spiro atoms. The monoisotopic (exact) mass is 495 g/mol. The van der Waals surface area contributed by atoms with Gasteiger partial charge in [0, 0.05) is 16.3 Å². The van der Waals surface area contributed by atoms with Gasteiger partial charge in [-0.05, 0) is 60.7 Å². The predicted octanol–water partition coefficient (Wildman–Crippen LogP) is 6.73. The maximum Gasteiger partial charge on any atom is 0.220 e. The number of hydrogen-bond acceptors (Lipinski definition) is 5. The number of benzene rings is 2. The van der Waals surface area contributed by atoms with Crippen LogP contribution in [0.4, 0.5) is 10.1 Å². The molecule has 31 heavy (non-hydrogen) atoms. The van der Waals surface area contributed by atoms with Crippen LogP contribution in [0.3, 0.4) is 0 Å². The fourth-order valence-electron chi connectivity index (χ4n) is 2.66. The molecule has 11 heteroatoms. The SMILES string of the molecule is Fc1ccc(NCn2ncn(/N=C/c3ccc(-c4ccc(Cl)cc4Cl)o3)c2=S)cc1Cl. The van der Waals surface area contributed by atoms with Gasteiger partial charge in [0.2, 0.25) is 4.77 Å². The molecule has 0 fully saturated rings. The third-order valence-electron chi connectivity index (χ3n) is 4.20. The zero-order chi connectivity index (χ0) is 22.0. The number of aromatic nitrogens is 3. The fraction of sp³-hybridized carbons (Fsp3) is 0.0500. The van der Waals surface area contributed by atoms with E-state index in [-0.39, 0.29) is 11.7 Å². The van der Waals surface area contributed by atoms with Gasteiger partial charge in [-0.3, -0.25) is 0 Å². The van der Waals surface area contributed by atoms with Crippen molar-refractivity contribution in [2.24, 2.45) is 5.10 Å². The van der Waals surface area contributed by atoms with E-state index in [0.717, 1.165) is 5.56 Å². The van der Waals surface area contributed by atoms with Crippen molar-refractivity contribution < 1.29 is 8.81 Å². The lowest BCUT2D eigenvalue weighted by Crippen LogP contribution is -2.10. The average Bonchev–Trinajstić information content (AvgIpc) is 3.34. The second kappa shape index (κ2) is 9.23. The highest BCUT2D eigenvalue weighted by Gasteiger charge is 2.09. The Bertz CT molecular complexity index is 1330. The van der Waals surface area contributed by atoms with Crippen molar-refractivity contribution in [1.29, 1.82) is 0 Å². The van der Waals surface area contributed by atoms with Gasteiger partial charge in [-0.1, -0.05) is 34.8 Å². The summed E-state index contributed by atoms with van der Waals surface area (Å²) in [4.78, 5) is 0. The van der Waals surface area contributed by atoms with E-state index in [1.54, 1.807) is 36.4 Å². The van der Waals surface area contributed by atoms with E-state index in [9.17, 15) is 4.39 Å². The van der Waals surface area contributed by atoms with Crippen molar-refractivity contribution in [3.63, 3.8) is 0 Å². The molecule has 158 valence electrons. The first-order valence-electron chi connectivity index (χ1n) is 8.84. The van der Waals surface area contributed by atoms with E-state index in [2.05, 4.69) is 15.5 Å². The van der Waals surface area contributed by atoms with Crippen molar-refractivity contribution in [1.82, 2.24) is 14.5 Å². The Morgan fingerprint density at radius 1 is 1.10 bits per heavy atom. The second-order valence-electron chi connectivity index (χ2n) is 6.29. The van der Waals surface area contributed by atoms with E-state index in [1.807, 2.05) is 0 Å². The largest absolute Gasteiger partial charge is 0.455 e. The van der Waals surface area contributed by atoms with Gasteiger partial charge < -0.3 is 9.73 Å². The summed E-state index contributed by atoms with van der Waals surface area (Å²) in [7, 11) is 0. The molecule has 0 radical (unpaired) electrons. The van der Waals surface area contributed by atoms with Gasteiger partial charge in [-0.15, -0.1) is 0 Å². The van der Waals surface area contributed by atoms with Crippen molar-refractivity contribution >= 4 is 58.9 Å². The van der Waals surface area contributed by atoms with Crippen molar-refractivity contribution in [2.75, 3.05) is 5.32 Å². The summed E-state index contributed by atoms with van der Waals surface area (Å²) in [5.74, 6) is 0.612. The van der Waals surface area contributed by atoms with Crippen LogP contribution in [0.1, 0.15) is 5.76 Å². The van der Waals surface area contributed by atoms with Crippen molar-refractivity contribution in [3.8, 4) is 11.3 Å². The van der Waals surface area contributed by atoms with Crippen LogP contribution >= 0.6 is 47.0 Å². The maximum atomic E-state index is 13.3. The Balaban J connectivity index is 1.45. The number of hydrogen-bond donors (Lipinski definition) is 1. The summed E-state index contributed by atoms with van der Waals surface area (Å²) >= 11 is 23.3. The van der Waals surface area contributed by atoms with E-state index in [1.165, 1.54) is 34.0 Å². The molecule has 6 nitrogen and oxygen atoms in total. The van der Waals surface area contributed by atoms with Crippen LogP contribution in [0.15, 0.2) is 64.4 Å². The van der Waals surface area contributed by atoms with Crippen LogP contribution in [0.2, 0.25) is 15.1 Å². The molecule has 0 unspecified atom stereocenters. The third-order valence-corrected chi connectivity index (χ3v) is 5.44. The van der Waals surface area contributed by atoms with Crippen LogP contribution in [0.5, 0.6) is 0 Å². The summed E-state index contributed by atoms with van der Waals surface area (Å²) in [6.07, 6.45) is 2.99. The molecular weight excluding hydrogens is 484 g/mol. The lowest BCUT2D eigenvalue weighted by Gasteiger charge is -2.06. The summed E-state index contributed by atoms with van der Waals surface area (Å²) in [5.41, 5.74) is 1.36. The van der Waals surface area contributed by atoms with E-state index < -0.39 is 5.82 Å². The first kappa shape index (κ1) is 21.6. The lowest BCUT2D eigenvalue weighted by molar-refractivity contribution is 0.574. The Labute approximate surface area is 196 Å². The summed E-state index contributed by atoms with van der Waals surface area (Å²) in [5, 5.41) is 12.6. The number of furan rings is 1. The minimum absolute atomic E-state index is 0.0291. The highest BCUT2D eigenvalue weighted by Crippen LogP contribution is 2.31. The van der Waals surface area contributed by atoms with Gasteiger partial charge in [0.05, 0.1) is 16.3 Å². The number of halogens is 4. The molecule has 0 aliphatic heterocycles. The van der Waals surface area contributed by atoms with Gasteiger partial charge in [-0.25, -0.2) is 9.07 Å². The number of rotatable bonds is 6. The Morgan fingerprint density at radius 2 is 1.94 bits per heavy atom. The quantitative estimate of drug-likeness (QED) is 0.238. The van der Waals surface area contributed by atoms with Crippen LogP contribution in [0.25, 0.3) is 11.3 Å². The molecule has 0 bridgehead atoms. The van der Waals surface area contributed by atoms with E-state index in [4.69, 9.17) is 51.4 Å². The van der Waals surface area contributed by atoms with Crippen LogP contribution in [-0.4, -0.2) is 20.7 Å². The van der Waals surface area contributed by atoms with E-state index in [0.29, 0.717) is 32.0 Å². The first-order valence-corrected chi connectivity index (χ1v) is 10.4. The van der Waals surface area contributed by atoms with Crippen LogP contribution < -0.4 is 5.32 Å². The predicted molar refractivity (Wildman–Crippen MR) is 123 cm³/mol. The molecular formula is C20H13Cl3FN5OS. The van der Waals surface area contributed by atoms with Gasteiger partial charge >= 0.3 is 0 Å². The average molecular weight is 497 g/mol. The highest BCUT2D eigenvalue weighted by atomic mass is 35.5. The zero-order valence-electron chi connectivity index (χ0n) is 15.6. The molecule has 4 aromatic rings. The first-order chi connectivity index (χ1) is 14.9.